The van der Waals surface area contributed by atoms with Crippen molar-refractivity contribution >= 4 is 24.8 Å². The first-order chi connectivity index (χ1) is 10.3. The SMILES string of the molecule is COc1cccc(O)c1[C@H](C1CCCC1)N1CCNCC1.Cl.Cl. The van der Waals surface area contributed by atoms with Crippen LogP contribution in [0.4, 0.5) is 0 Å². The quantitative estimate of drug-likeness (QED) is 0.861. The van der Waals surface area contributed by atoms with Crippen LogP contribution >= 0.6 is 24.8 Å². The number of phenols is 1. The van der Waals surface area contributed by atoms with Crippen molar-refractivity contribution in [3.63, 3.8) is 0 Å². The first-order valence-corrected chi connectivity index (χ1v) is 8.12. The number of piperazine rings is 1. The number of phenolic OH excluding ortho intramolecular Hbond substituents is 1. The number of hydrogen-bond donors (Lipinski definition) is 2. The summed E-state index contributed by atoms with van der Waals surface area (Å²) in [5.74, 6) is 1.83. The fourth-order valence-electron chi connectivity index (χ4n) is 3.96. The molecule has 2 N–H and O–H groups in total. The van der Waals surface area contributed by atoms with Gasteiger partial charge in [0, 0.05) is 32.2 Å². The van der Waals surface area contributed by atoms with Crippen LogP contribution in [0.1, 0.15) is 37.3 Å². The van der Waals surface area contributed by atoms with Crippen LogP contribution in [-0.2, 0) is 0 Å². The molecule has 1 aliphatic heterocycles. The zero-order valence-corrected chi connectivity index (χ0v) is 15.3. The molecule has 1 aliphatic carbocycles. The molecule has 1 aromatic carbocycles. The second kappa shape index (κ2) is 9.58. The highest BCUT2D eigenvalue weighted by Gasteiger charge is 2.35. The largest absolute Gasteiger partial charge is 0.507 e. The number of benzene rings is 1. The highest BCUT2D eigenvalue weighted by molar-refractivity contribution is 5.85. The Hall–Kier alpha value is -0.680. The minimum atomic E-state index is 0. The highest BCUT2D eigenvalue weighted by Crippen LogP contribution is 2.45. The molecule has 0 spiro atoms. The van der Waals surface area contributed by atoms with Crippen molar-refractivity contribution in [2.75, 3.05) is 33.3 Å². The molecule has 2 fully saturated rings. The number of hydrogen-bond acceptors (Lipinski definition) is 4. The number of aromatic hydroxyl groups is 1. The molecule has 0 bridgehead atoms. The van der Waals surface area contributed by atoms with Gasteiger partial charge in [-0.15, -0.1) is 24.8 Å². The smallest absolute Gasteiger partial charge is 0.127 e. The Morgan fingerprint density at radius 3 is 2.43 bits per heavy atom. The van der Waals surface area contributed by atoms with Gasteiger partial charge in [-0.05, 0) is 30.9 Å². The lowest BCUT2D eigenvalue weighted by Gasteiger charge is -2.39. The average molecular weight is 363 g/mol. The molecule has 0 aromatic heterocycles. The van der Waals surface area contributed by atoms with E-state index in [4.69, 9.17) is 4.74 Å². The molecule has 6 heteroatoms. The van der Waals surface area contributed by atoms with Crippen molar-refractivity contribution in [3.05, 3.63) is 23.8 Å². The monoisotopic (exact) mass is 362 g/mol. The van der Waals surface area contributed by atoms with E-state index in [9.17, 15) is 5.11 Å². The Morgan fingerprint density at radius 1 is 1.17 bits per heavy atom. The molecule has 0 radical (unpaired) electrons. The zero-order chi connectivity index (χ0) is 14.7. The standard InChI is InChI=1S/C17H26N2O2.2ClH/c1-21-15-8-4-7-14(20)16(15)17(13-5-2-3-6-13)19-11-9-18-10-12-19;;/h4,7-8,13,17-18,20H,2-3,5-6,9-12H2,1H3;2*1H/t17-;;/m0../s1. The van der Waals surface area contributed by atoms with E-state index in [0.717, 1.165) is 37.5 Å². The van der Waals surface area contributed by atoms with Gasteiger partial charge in [0.15, 0.2) is 0 Å². The Bertz CT molecular complexity index is 476. The summed E-state index contributed by atoms with van der Waals surface area (Å²) in [5, 5.41) is 13.9. The van der Waals surface area contributed by atoms with Gasteiger partial charge in [-0.3, -0.25) is 4.90 Å². The zero-order valence-electron chi connectivity index (χ0n) is 13.7. The van der Waals surface area contributed by atoms with Crippen molar-refractivity contribution in [1.29, 1.82) is 0 Å². The predicted octanol–water partition coefficient (Wildman–Crippen LogP) is 3.38. The van der Waals surface area contributed by atoms with Gasteiger partial charge in [-0.1, -0.05) is 18.9 Å². The molecule has 2 aliphatic rings. The van der Waals surface area contributed by atoms with E-state index < -0.39 is 0 Å². The first-order valence-electron chi connectivity index (χ1n) is 8.12. The summed E-state index contributed by atoms with van der Waals surface area (Å²) in [5.41, 5.74) is 0.994. The number of halogens is 2. The summed E-state index contributed by atoms with van der Waals surface area (Å²) in [7, 11) is 1.70. The Kier molecular flexibility index (Phi) is 8.48. The van der Waals surface area contributed by atoms with E-state index in [2.05, 4.69) is 10.2 Å². The third kappa shape index (κ3) is 4.44. The minimum absolute atomic E-state index is 0. The number of ether oxygens (including phenoxy) is 1. The predicted molar refractivity (Wildman–Crippen MR) is 98.3 cm³/mol. The maximum Gasteiger partial charge on any atom is 0.127 e. The van der Waals surface area contributed by atoms with Gasteiger partial charge in [0.05, 0.1) is 12.7 Å². The number of nitrogens with one attached hydrogen (secondary N) is 1. The van der Waals surface area contributed by atoms with Crippen molar-refractivity contribution < 1.29 is 9.84 Å². The molecule has 1 saturated carbocycles. The molecule has 3 rings (SSSR count). The molecule has 132 valence electrons. The maximum atomic E-state index is 10.5. The van der Waals surface area contributed by atoms with Crippen LogP contribution in [0.15, 0.2) is 18.2 Å². The van der Waals surface area contributed by atoms with Gasteiger partial charge in [0.25, 0.3) is 0 Å². The van der Waals surface area contributed by atoms with E-state index >= 15 is 0 Å². The summed E-state index contributed by atoms with van der Waals surface area (Å²) < 4.78 is 5.56. The molecule has 1 saturated heterocycles. The molecule has 0 unspecified atom stereocenters. The van der Waals surface area contributed by atoms with E-state index in [1.807, 2.05) is 12.1 Å². The highest BCUT2D eigenvalue weighted by atomic mass is 35.5. The van der Waals surface area contributed by atoms with Crippen LogP contribution in [-0.4, -0.2) is 43.3 Å². The minimum Gasteiger partial charge on any atom is -0.507 e. The molecule has 23 heavy (non-hydrogen) atoms. The van der Waals surface area contributed by atoms with Gasteiger partial charge in [0.2, 0.25) is 0 Å². The Morgan fingerprint density at radius 2 is 1.83 bits per heavy atom. The van der Waals surface area contributed by atoms with Crippen molar-refractivity contribution in [3.8, 4) is 11.5 Å². The lowest BCUT2D eigenvalue weighted by atomic mass is 9.88. The van der Waals surface area contributed by atoms with Gasteiger partial charge < -0.3 is 15.2 Å². The average Bonchev–Trinajstić information content (AvgIpc) is 3.04. The molecular weight excluding hydrogens is 335 g/mol. The van der Waals surface area contributed by atoms with Crippen LogP contribution in [0.5, 0.6) is 11.5 Å². The summed E-state index contributed by atoms with van der Waals surface area (Å²) in [6.07, 6.45) is 5.13. The van der Waals surface area contributed by atoms with Crippen molar-refractivity contribution in [1.82, 2.24) is 10.2 Å². The normalized spacial score (nSPS) is 20.4. The van der Waals surface area contributed by atoms with Crippen LogP contribution in [0.2, 0.25) is 0 Å². The second-order valence-electron chi connectivity index (χ2n) is 6.17. The number of nitrogens with zero attached hydrogens (tertiary/aromatic N) is 1. The lowest BCUT2D eigenvalue weighted by molar-refractivity contribution is 0.121. The topological polar surface area (TPSA) is 44.7 Å². The van der Waals surface area contributed by atoms with Gasteiger partial charge >= 0.3 is 0 Å². The maximum absolute atomic E-state index is 10.5. The van der Waals surface area contributed by atoms with E-state index in [-0.39, 0.29) is 30.9 Å². The molecule has 4 nitrogen and oxygen atoms in total. The van der Waals surface area contributed by atoms with Crippen LogP contribution < -0.4 is 10.1 Å². The summed E-state index contributed by atoms with van der Waals surface area (Å²) in [6, 6.07) is 5.91. The molecule has 1 heterocycles. The third-order valence-corrected chi connectivity index (χ3v) is 4.95. The third-order valence-electron chi connectivity index (χ3n) is 4.95. The van der Waals surface area contributed by atoms with Crippen LogP contribution in [0.25, 0.3) is 0 Å². The van der Waals surface area contributed by atoms with Gasteiger partial charge in [-0.25, -0.2) is 0 Å². The second-order valence-corrected chi connectivity index (χ2v) is 6.17. The van der Waals surface area contributed by atoms with E-state index in [0.29, 0.717) is 11.7 Å². The molecule has 1 atom stereocenters. The molecule has 1 aromatic rings. The summed E-state index contributed by atoms with van der Waals surface area (Å²) in [4.78, 5) is 2.53. The number of rotatable bonds is 4. The van der Waals surface area contributed by atoms with E-state index in [1.165, 1.54) is 25.7 Å². The summed E-state index contributed by atoms with van der Waals surface area (Å²) in [6.45, 7) is 4.13. The fourth-order valence-corrected chi connectivity index (χ4v) is 3.96. The van der Waals surface area contributed by atoms with Gasteiger partial charge in [0.1, 0.15) is 11.5 Å². The Labute approximate surface area is 151 Å². The fraction of sp³-hybridized carbons (Fsp3) is 0.647. The molecule has 0 amide bonds. The summed E-state index contributed by atoms with van der Waals surface area (Å²) >= 11 is 0. The Balaban J connectivity index is 0.00000132. The van der Waals surface area contributed by atoms with Crippen molar-refractivity contribution in [2.24, 2.45) is 5.92 Å². The van der Waals surface area contributed by atoms with Crippen molar-refractivity contribution in [2.45, 2.75) is 31.7 Å². The molecular formula is C17H28Cl2N2O2. The van der Waals surface area contributed by atoms with Gasteiger partial charge in [-0.2, -0.15) is 0 Å². The lowest BCUT2D eigenvalue weighted by Crippen LogP contribution is -2.46. The van der Waals surface area contributed by atoms with Crippen LogP contribution in [0.3, 0.4) is 0 Å². The van der Waals surface area contributed by atoms with E-state index in [1.54, 1.807) is 13.2 Å². The number of methoxy groups -OCH3 is 1. The first kappa shape index (κ1) is 20.4. The van der Waals surface area contributed by atoms with Crippen LogP contribution in [0, 0.1) is 5.92 Å².